The molecule has 2 aliphatic heterocycles. The van der Waals surface area contributed by atoms with Gasteiger partial charge in [0.05, 0.1) is 25.4 Å². The third-order valence-electron chi connectivity index (χ3n) is 2.36. The lowest BCUT2D eigenvalue weighted by Crippen LogP contribution is -2.27. The number of aliphatic hydroxyl groups is 1. The fraction of sp³-hybridized carbons (Fsp3) is 1.00. The summed E-state index contributed by atoms with van der Waals surface area (Å²) in [6.07, 6.45) is 0.928. The minimum atomic E-state index is -0.563. The van der Waals surface area contributed by atoms with Gasteiger partial charge in [-0.1, -0.05) is 0 Å². The molecule has 0 aromatic heterocycles. The number of epoxide rings is 1. The van der Waals surface area contributed by atoms with Crippen LogP contribution in [0.1, 0.15) is 20.3 Å². The molecule has 0 aromatic carbocycles. The van der Waals surface area contributed by atoms with E-state index < -0.39 is 5.79 Å². The van der Waals surface area contributed by atoms with Crippen molar-refractivity contribution < 1.29 is 19.3 Å². The molecule has 0 saturated carbocycles. The summed E-state index contributed by atoms with van der Waals surface area (Å²) >= 11 is 0. The Kier molecular flexibility index (Phi) is 2.32. The topological polar surface area (TPSA) is 51.2 Å². The molecule has 0 amide bonds. The van der Waals surface area contributed by atoms with E-state index in [1.165, 1.54) is 0 Å². The van der Waals surface area contributed by atoms with Gasteiger partial charge in [-0.15, -0.1) is 0 Å². The third-order valence-corrected chi connectivity index (χ3v) is 2.36. The summed E-state index contributed by atoms with van der Waals surface area (Å²) in [7, 11) is 0. The predicted octanol–water partition coefficient (Wildman–Crippen LogP) is 0.288. The van der Waals surface area contributed by atoms with Gasteiger partial charge in [0.2, 0.25) is 0 Å². The maximum Gasteiger partial charge on any atom is 0.163 e. The molecule has 3 unspecified atom stereocenters. The van der Waals surface area contributed by atoms with Crippen molar-refractivity contribution in [2.24, 2.45) is 0 Å². The van der Waals surface area contributed by atoms with Crippen molar-refractivity contribution in [1.29, 1.82) is 0 Å². The number of ether oxygens (including phenoxy) is 3. The van der Waals surface area contributed by atoms with Gasteiger partial charge < -0.3 is 19.3 Å². The lowest BCUT2D eigenvalue weighted by molar-refractivity contribution is -0.149. The van der Waals surface area contributed by atoms with Gasteiger partial charge in [0.1, 0.15) is 6.10 Å². The molecule has 4 heteroatoms. The first kappa shape index (κ1) is 9.40. The van der Waals surface area contributed by atoms with Crippen LogP contribution in [0.15, 0.2) is 0 Å². The second-order valence-corrected chi connectivity index (χ2v) is 4.09. The van der Waals surface area contributed by atoms with E-state index in [9.17, 15) is 0 Å². The quantitative estimate of drug-likeness (QED) is 0.647. The molecule has 0 spiro atoms. The van der Waals surface area contributed by atoms with E-state index in [-0.39, 0.29) is 18.8 Å². The number of hydrogen-bond donors (Lipinski definition) is 1. The largest absolute Gasteiger partial charge is 0.394 e. The van der Waals surface area contributed by atoms with E-state index in [1.54, 1.807) is 0 Å². The van der Waals surface area contributed by atoms with Crippen molar-refractivity contribution in [3.63, 3.8) is 0 Å². The van der Waals surface area contributed by atoms with Crippen LogP contribution in [0.2, 0.25) is 0 Å². The Bertz CT molecular complexity index is 188. The summed E-state index contributed by atoms with van der Waals surface area (Å²) in [5.74, 6) is -0.563. The standard InChI is InChI=1S/C9H16O4/c1-9(2)12-7(3-6-5-11-6)8(4-10)13-9/h6-8,10H,3-5H2,1-2H3. The third kappa shape index (κ3) is 2.20. The van der Waals surface area contributed by atoms with Gasteiger partial charge >= 0.3 is 0 Å². The molecule has 0 aliphatic carbocycles. The Labute approximate surface area is 77.8 Å². The Morgan fingerprint density at radius 1 is 1.31 bits per heavy atom. The molecule has 3 atom stereocenters. The van der Waals surface area contributed by atoms with E-state index in [0.29, 0.717) is 6.10 Å². The average Bonchev–Trinajstić information content (AvgIpc) is 2.77. The molecule has 2 rings (SSSR count). The fourth-order valence-electron chi connectivity index (χ4n) is 1.73. The lowest BCUT2D eigenvalue weighted by Gasteiger charge is -2.16. The zero-order valence-electron chi connectivity index (χ0n) is 8.03. The van der Waals surface area contributed by atoms with Crippen LogP contribution in [0.4, 0.5) is 0 Å². The summed E-state index contributed by atoms with van der Waals surface area (Å²) in [6.45, 7) is 4.56. The van der Waals surface area contributed by atoms with Crippen LogP contribution in [-0.2, 0) is 14.2 Å². The first-order valence-electron chi connectivity index (χ1n) is 4.69. The fourth-order valence-corrected chi connectivity index (χ4v) is 1.73. The highest BCUT2D eigenvalue weighted by Gasteiger charge is 2.43. The number of rotatable bonds is 3. The molecule has 1 N–H and O–H groups in total. The molecular weight excluding hydrogens is 172 g/mol. The summed E-state index contributed by atoms with van der Waals surface area (Å²) in [4.78, 5) is 0. The summed E-state index contributed by atoms with van der Waals surface area (Å²) in [5.41, 5.74) is 0. The van der Waals surface area contributed by atoms with Crippen molar-refractivity contribution >= 4 is 0 Å². The SMILES string of the molecule is CC1(C)OC(CO)C(CC2CO2)O1. The first-order valence-corrected chi connectivity index (χ1v) is 4.69. The molecule has 2 saturated heterocycles. The molecule has 0 bridgehead atoms. The van der Waals surface area contributed by atoms with Gasteiger partial charge in [-0.2, -0.15) is 0 Å². The van der Waals surface area contributed by atoms with Crippen LogP contribution in [-0.4, -0.2) is 42.4 Å². The van der Waals surface area contributed by atoms with E-state index in [4.69, 9.17) is 19.3 Å². The van der Waals surface area contributed by atoms with Gasteiger partial charge in [-0.3, -0.25) is 0 Å². The van der Waals surface area contributed by atoms with E-state index >= 15 is 0 Å². The Balaban J connectivity index is 1.92. The second-order valence-electron chi connectivity index (χ2n) is 4.09. The molecule has 2 aliphatic rings. The molecule has 2 fully saturated rings. The van der Waals surface area contributed by atoms with E-state index in [0.717, 1.165) is 13.0 Å². The van der Waals surface area contributed by atoms with Crippen molar-refractivity contribution in [1.82, 2.24) is 0 Å². The summed E-state index contributed by atoms with van der Waals surface area (Å²) in [6, 6.07) is 0. The maximum atomic E-state index is 9.06. The van der Waals surface area contributed by atoms with Crippen LogP contribution in [0.25, 0.3) is 0 Å². The zero-order valence-corrected chi connectivity index (χ0v) is 8.03. The Hall–Kier alpha value is -0.160. The van der Waals surface area contributed by atoms with E-state index in [2.05, 4.69) is 0 Å². The lowest BCUT2D eigenvalue weighted by atomic mass is 10.1. The highest BCUT2D eigenvalue weighted by Crippen LogP contribution is 2.32. The highest BCUT2D eigenvalue weighted by molar-refractivity contribution is 4.85. The van der Waals surface area contributed by atoms with Crippen LogP contribution in [0.5, 0.6) is 0 Å². The van der Waals surface area contributed by atoms with Crippen molar-refractivity contribution in [3.8, 4) is 0 Å². The summed E-state index contributed by atoms with van der Waals surface area (Å²) < 4.78 is 16.3. The molecule has 2 heterocycles. The molecular formula is C9H16O4. The maximum absolute atomic E-state index is 9.06. The van der Waals surface area contributed by atoms with E-state index in [1.807, 2.05) is 13.8 Å². The minimum absolute atomic E-state index is 0.0147. The Morgan fingerprint density at radius 2 is 1.92 bits per heavy atom. The van der Waals surface area contributed by atoms with Gasteiger partial charge in [0.15, 0.2) is 5.79 Å². The molecule has 13 heavy (non-hydrogen) atoms. The van der Waals surface area contributed by atoms with Crippen LogP contribution >= 0.6 is 0 Å². The van der Waals surface area contributed by atoms with Crippen LogP contribution in [0.3, 0.4) is 0 Å². The molecule has 4 nitrogen and oxygen atoms in total. The first-order chi connectivity index (χ1) is 6.11. The smallest absolute Gasteiger partial charge is 0.163 e. The van der Waals surface area contributed by atoms with Crippen molar-refractivity contribution in [2.45, 2.75) is 44.4 Å². The average molecular weight is 188 g/mol. The van der Waals surface area contributed by atoms with Crippen LogP contribution < -0.4 is 0 Å². The number of aliphatic hydroxyl groups excluding tert-OH is 1. The molecule has 76 valence electrons. The van der Waals surface area contributed by atoms with Gasteiger partial charge in [0, 0.05) is 6.42 Å². The second kappa shape index (κ2) is 3.20. The zero-order chi connectivity index (χ0) is 9.47. The minimum Gasteiger partial charge on any atom is -0.394 e. The van der Waals surface area contributed by atoms with Gasteiger partial charge in [-0.25, -0.2) is 0 Å². The van der Waals surface area contributed by atoms with Crippen molar-refractivity contribution in [2.75, 3.05) is 13.2 Å². The monoisotopic (exact) mass is 188 g/mol. The van der Waals surface area contributed by atoms with Gasteiger partial charge in [0.25, 0.3) is 0 Å². The predicted molar refractivity (Wildman–Crippen MR) is 45.3 cm³/mol. The van der Waals surface area contributed by atoms with Crippen molar-refractivity contribution in [3.05, 3.63) is 0 Å². The summed E-state index contributed by atoms with van der Waals surface area (Å²) in [5, 5.41) is 9.06. The Morgan fingerprint density at radius 3 is 2.46 bits per heavy atom. The molecule has 0 radical (unpaired) electrons. The highest BCUT2D eigenvalue weighted by atomic mass is 16.8. The van der Waals surface area contributed by atoms with Gasteiger partial charge in [-0.05, 0) is 13.8 Å². The number of hydrogen-bond acceptors (Lipinski definition) is 4. The van der Waals surface area contributed by atoms with Crippen LogP contribution in [0, 0.1) is 0 Å². The molecule has 0 aromatic rings. The normalized spacial score (nSPS) is 42.2.